The SMILES string of the molecule is CN1C(C)(C)CC(F)(c2[nH]nc(-c3ccc(Cl)cc3)c2-c2ccncc2)CC1(C)C.CN1CCC(F)(c2[nH]nc(-c3ccc(Cl)cc3)c2-c2ccncc2)CC1(C)C. The van der Waals surface area contributed by atoms with Gasteiger partial charge in [0.15, 0.2) is 11.3 Å². The lowest BCUT2D eigenvalue weighted by molar-refractivity contribution is -0.0902. The molecule has 6 heterocycles. The second-order valence-electron chi connectivity index (χ2n) is 17.8. The molecule has 6 aromatic rings. The Hall–Kier alpha value is -4.48. The van der Waals surface area contributed by atoms with Crippen LogP contribution >= 0.6 is 23.2 Å². The standard InChI is InChI=1S/C24H28ClFN4.C22H24ClFN4/c1-22(2)14-24(26,15-23(3,4)30(22)5)21-19(16-10-12-27-13-11-16)20(28-29-21)17-6-8-18(25)9-7-17;1-21(2)14-22(24,10-13-28(21)3)20-18(15-8-11-25-12-9-15)19(26-27-20)16-4-6-17(23)7-5-16/h6-13H,14-15H2,1-5H3,(H,28,29);4-9,11-12H,10,13-14H2,1-3H3,(H,26,27). The number of pyridine rings is 2. The summed E-state index contributed by atoms with van der Waals surface area (Å²) in [4.78, 5) is 12.7. The van der Waals surface area contributed by atoms with Crippen LogP contribution in [0.2, 0.25) is 10.0 Å². The molecule has 58 heavy (non-hydrogen) atoms. The highest BCUT2D eigenvalue weighted by atomic mass is 35.5. The minimum absolute atomic E-state index is 0.242. The summed E-state index contributed by atoms with van der Waals surface area (Å²) in [6.45, 7) is 13.3. The van der Waals surface area contributed by atoms with Gasteiger partial charge in [0.1, 0.15) is 11.4 Å². The fraction of sp³-hybridized carbons (Fsp3) is 0.391. The van der Waals surface area contributed by atoms with E-state index in [9.17, 15) is 0 Å². The monoisotopic (exact) mass is 824 g/mol. The fourth-order valence-corrected chi connectivity index (χ4v) is 9.25. The van der Waals surface area contributed by atoms with E-state index in [1.165, 1.54) is 0 Å². The zero-order valence-corrected chi connectivity index (χ0v) is 36.0. The molecule has 2 fully saturated rings. The van der Waals surface area contributed by atoms with E-state index in [2.05, 4.69) is 95.8 Å². The summed E-state index contributed by atoms with van der Waals surface area (Å²) in [7, 11) is 4.13. The van der Waals surface area contributed by atoms with Gasteiger partial charge < -0.3 is 4.90 Å². The highest BCUT2D eigenvalue weighted by Gasteiger charge is 2.54. The summed E-state index contributed by atoms with van der Waals surface area (Å²) >= 11 is 12.1. The number of aromatic amines is 2. The predicted octanol–water partition coefficient (Wildman–Crippen LogP) is 11.7. The average Bonchev–Trinajstić information content (AvgIpc) is 3.84. The van der Waals surface area contributed by atoms with E-state index in [1.54, 1.807) is 24.8 Å². The molecule has 0 spiro atoms. The van der Waals surface area contributed by atoms with Crippen LogP contribution in [0.4, 0.5) is 8.78 Å². The third-order valence-corrected chi connectivity index (χ3v) is 12.9. The second-order valence-corrected chi connectivity index (χ2v) is 18.6. The van der Waals surface area contributed by atoms with Crippen LogP contribution in [-0.4, -0.2) is 77.4 Å². The van der Waals surface area contributed by atoms with Crippen molar-refractivity contribution in [2.45, 2.75) is 95.2 Å². The molecule has 4 aromatic heterocycles. The quantitative estimate of drug-likeness (QED) is 0.174. The van der Waals surface area contributed by atoms with Crippen molar-refractivity contribution in [3.8, 4) is 44.8 Å². The smallest absolute Gasteiger partial charge is 0.156 e. The fourth-order valence-electron chi connectivity index (χ4n) is 9.00. The first kappa shape index (κ1) is 41.7. The Morgan fingerprint density at radius 3 is 1.31 bits per heavy atom. The van der Waals surface area contributed by atoms with Gasteiger partial charge in [-0.25, -0.2) is 8.78 Å². The van der Waals surface area contributed by atoms with Crippen molar-refractivity contribution >= 4 is 23.2 Å². The Morgan fingerprint density at radius 2 is 0.914 bits per heavy atom. The average molecular weight is 826 g/mol. The Bertz CT molecular complexity index is 2320. The molecule has 0 radical (unpaired) electrons. The zero-order chi connectivity index (χ0) is 41.7. The number of likely N-dealkylation sites (tertiary alicyclic amines) is 2. The van der Waals surface area contributed by atoms with Crippen molar-refractivity contribution in [2.75, 3.05) is 20.6 Å². The lowest BCUT2D eigenvalue weighted by Crippen LogP contribution is -2.61. The van der Waals surface area contributed by atoms with Gasteiger partial charge in [0.2, 0.25) is 0 Å². The summed E-state index contributed by atoms with van der Waals surface area (Å²) in [6.07, 6.45) is 8.48. The molecule has 1 unspecified atom stereocenters. The molecule has 2 N–H and O–H groups in total. The molecule has 2 aliphatic heterocycles. The Kier molecular flexibility index (Phi) is 11.2. The lowest BCUT2D eigenvalue weighted by Gasteiger charge is -2.55. The number of benzene rings is 2. The minimum Gasteiger partial charge on any atom is -0.301 e. The van der Waals surface area contributed by atoms with Crippen LogP contribution in [-0.2, 0) is 11.3 Å². The number of halogens is 4. The van der Waals surface area contributed by atoms with E-state index in [0.717, 1.165) is 44.8 Å². The number of nitrogens with one attached hydrogen (secondary N) is 2. The Balaban J connectivity index is 0.000000177. The minimum atomic E-state index is -1.55. The summed E-state index contributed by atoms with van der Waals surface area (Å²) < 4.78 is 33.3. The molecule has 0 bridgehead atoms. The molecule has 2 aliphatic rings. The number of aromatic nitrogens is 6. The van der Waals surface area contributed by atoms with Crippen LogP contribution in [0.25, 0.3) is 44.8 Å². The molecule has 2 saturated heterocycles. The number of piperidine rings is 2. The normalized spacial score (nSPS) is 21.2. The van der Waals surface area contributed by atoms with Gasteiger partial charge in [0, 0.05) is 99.5 Å². The van der Waals surface area contributed by atoms with Crippen LogP contribution in [0, 0.1) is 0 Å². The number of nitrogens with zero attached hydrogens (tertiary/aromatic N) is 6. The predicted molar refractivity (Wildman–Crippen MR) is 231 cm³/mol. The third-order valence-electron chi connectivity index (χ3n) is 12.4. The number of hydrogen-bond acceptors (Lipinski definition) is 6. The van der Waals surface area contributed by atoms with E-state index >= 15 is 8.78 Å². The van der Waals surface area contributed by atoms with E-state index < -0.39 is 11.3 Å². The number of alkyl halides is 2. The van der Waals surface area contributed by atoms with Gasteiger partial charge in [-0.3, -0.25) is 25.1 Å². The van der Waals surface area contributed by atoms with E-state index in [4.69, 9.17) is 23.2 Å². The maximum absolute atomic E-state index is 16.9. The molecule has 8 nitrogen and oxygen atoms in total. The largest absolute Gasteiger partial charge is 0.301 e. The van der Waals surface area contributed by atoms with Crippen LogP contribution in [0.1, 0.15) is 78.6 Å². The maximum atomic E-state index is 16.9. The summed E-state index contributed by atoms with van der Waals surface area (Å²) in [5.41, 5.74) is 3.82. The van der Waals surface area contributed by atoms with Gasteiger partial charge in [-0.05, 0) is 122 Å². The van der Waals surface area contributed by atoms with Gasteiger partial charge >= 0.3 is 0 Å². The van der Waals surface area contributed by atoms with E-state index in [1.807, 2.05) is 72.8 Å². The zero-order valence-electron chi connectivity index (χ0n) is 34.5. The molecule has 0 aliphatic carbocycles. The second kappa shape index (κ2) is 15.6. The number of hydrogen-bond donors (Lipinski definition) is 2. The lowest BCUT2D eigenvalue weighted by atomic mass is 9.70. The van der Waals surface area contributed by atoms with Gasteiger partial charge in [-0.2, -0.15) is 10.2 Å². The van der Waals surface area contributed by atoms with Crippen molar-refractivity contribution < 1.29 is 8.78 Å². The summed E-state index contributed by atoms with van der Waals surface area (Å²) in [5, 5.41) is 16.6. The molecule has 2 aromatic carbocycles. The highest BCUT2D eigenvalue weighted by Crippen LogP contribution is 2.53. The third kappa shape index (κ3) is 8.09. The molecule has 0 saturated carbocycles. The number of rotatable bonds is 6. The summed E-state index contributed by atoms with van der Waals surface area (Å²) in [6, 6.07) is 22.6. The van der Waals surface area contributed by atoms with Crippen LogP contribution < -0.4 is 0 Å². The molecule has 8 rings (SSSR count). The van der Waals surface area contributed by atoms with Crippen LogP contribution in [0.3, 0.4) is 0 Å². The maximum Gasteiger partial charge on any atom is 0.156 e. The first-order valence-corrected chi connectivity index (χ1v) is 20.4. The van der Waals surface area contributed by atoms with Crippen molar-refractivity contribution in [1.82, 2.24) is 40.2 Å². The molecule has 304 valence electrons. The Morgan fingerprint density at radius 1 is 0.534 bits per heavy atom. The first-order valence-electron chi connectivity index (χ1n) is 19.7. The number of H-pyrrole nitrogens is 2. The van der Waals surface area contributed by atoms with Gasteiger partial charge in [-0.1, -0.05) is 47.5 Å². The molecular weight excluding hydrogens is 773 g/mol. The molecule has 1 atom stereocenters. The van der Waals surface area contributed by atoms with Crippen LogP contribution in [0.15, 0.2) is 97.6 Å². The Labute approximate surface area is 350 Å². The molecular formula is C46H52Cl2F2N8. The van der Waals surface area contributed by atoms with Crippen molar-refractivity contribution in [1.29, 1.82) is 0 Å². The van der Waals surface area contributed by atoms with E-state index in [-0.39, 0.29) is 16.6 Å². The molecule has 0 amide bonds. The van der Waals surface area contributed by atoms with Crippen LogP contribution in [0.5, 0.6) is 0 Å². The highest BCUT2D eigenvalue weighted by molar-refractivity contribution is 6.31. The van der Waals surface area contributed by atoms with Gasteiger partial charge in [0.05, 0.1) is 11.4 Å². The molecule has 12 heteroatoms. The van der Waals surface area contributed by atoms with Gasteiger partial charge in [0.25, 0.3) is 0 Å². The van der Waals surface area contributed by atoms with E-state index in [0.29, 0.717) is 53.7 Å². The first-order chi connectivity index (χ1) is 27.3. The topological polar surface area (TPSA) is 89.6 Å². The van der Waals surface area contributed by atoms with Crippen molar-refractivity contribution in [2.24, 2.45) is 0 Å². The van der Waals surface area contributed by atoms with Crippen molar-refractivity contribution in [3.05, 3.63) is 119 Å². The van der Waals surface area contributed by atoms with Crippen molar-refractivity contribution in [3.63, 3.8) is 0 Å². The summed E-state index contributed by atoms with van der Waals surface area (Å²) in [5.74, 6) is 0. The van der Waals surface area contributed by atoms with Gasteiger partial charge in [-0.15, -0.1) is 0 Å².